The average molecular weight is 373 g/mol. The lowest BCUT2D eigenvalue weighted by atomic mass is 10.0. The van der Waals surface area contributed by atoms with E-state index < -0.39 is 0 Å². The minimum atomic E-state index is -0.168. The number of aromatic nitrogens is 1. The van der Waals surface area contributed by atoms with Crippen molar-refractivity contribution in [2.45, 2.75) is 6.04 Å². The number of amides is 1. The summed E-state index contributed by atoms with van der Waals surface area (Å²) in [5.41, 5.74) is 1.61. The zero-order chi connectivity index (χ0) is 18.4. The summed E-state index contributed by atoms with van der Waals surface area (Å²) in [5.74, 6) is 0.646. The first-order chi connectivity index (χ1) is 12.7. The van der Waals surface area contributed by atoms with Crippen molar-refractivity contribution < 1.29 is 14.3 Å². The molecule has 1 amide bonds. The second kappa shape index (κ2) is 8.93. The Hall–Kier alpha value is -2.22. The number of pyridine rings is 1. The highest BCUT2D eigenvalue weighted by atomic mass is 32.1. The molecule has 0 saturated carbocycles. The lowest BCUT2D eigenvalue weighted by molar-refractivity contribution is 0.0162. The molecule has 138 valence electrons. The van der Waals surface area contributed by atoms with Crippen LogP contribution in [0.2, 0.25) is 0 Å². The van der Waals surface area contributed by atoms with E-state index in [0.29, 0.717) is 30.0 Å². The number of methoxy groups -OCH3 is 1. The zero-order valence-electron chi connectivity index (χ0n) is 14.7. The summed E-state index contributed by atoms with van der Waals surface area (Å²) in [4.78, 5) is 17.7. The highest BCUT2D eigenvalue weighted by Gasteiger charge is 2.23. The minimum absolute atomic E-state index is 0.0648. The van der Waals surface area contributed by atoms with E-state index in [-0.39, 0.29) is 11.9 Å². The molecule has 2 N–H and O–H groups in total. The third-order valence-corrected chi connectivity index (χ3v) is 4.84. The van der Waals surface area contributed by atoms with Gasteiger partial charge in [0.25, 0.3) is 5.91 Å². The maximum absolute atomic E-state index is 12.5. The fourth-order valence-corrected chi connectivity index (χ4v) is 3.29. The van der Waals surface area contributed by atoms with Crippen LogP contribution in [-0.4, -0.2) is 55.7 Å². The van der Waals surface area contributed by atoms with Crippen LogP contribution in [0.1, 0.15) is 22.0 Å². The Balaban J connectivity index is 1.75. The molecule has 0 unspecified atom stereocenters. The standard InChI is InChI=1S/C19H23N3O3S/c1-24-15-6-4-14(5-7-15)17(22-9-11-25-12-10-22)13-21-18(23)16-3-2-8-20-19(16)26/h2-8,17H,9-13H2,1H3,(H,20,26)(H,21,23)/t17-/m0/s1. The summed E-state index contributed by atoms with van der Waals surface area (Å²) >= 11 is 5.20. The molecule has 26 heavy (non-hydrogen) atoms. The molecule has 1 aromatic heterocycles. The fraction of sp³-hybridized carbons (Fsp3) is 0.368. The molecule has 1 aliphatic rings. The van der Waals surface area contributed by atoms with Gasteiger partial charge in [-0.2, -0.15) is 0 Å². The molecule has 1 saturated heterocycles. The first-order valence-electron chi connectivity index (χ1n) is 8.60. The predicted octanol–water partition coefficient (Wildman–Crippen LogP) is 2.56. The van der Waals surface area contributed by atoms with E-state index in [1.54, 1.807) is 25.4 Å². The molecule has 2 heterocycles. The third-order valence-electron chi connectivity index (χ3n) is 4.51. The Morgan fingerprint density at radius 3 is 2.69 bits per heavy atom. The number of nitrogens with one attached hydrogen (secondary N) is 2. The molecule has 1 aliphatic heterocycles. The molecule has 0 radical (unpaired) electrons. The zero-order valence-corrected chi connectivity index (χ0v) is 15.6. The van der Waals surface area contributed by atoms with Crippen LogP contribution >= 0.6 is 12.2 Å². The highest BCUT2D eigenvalue weighted by Crippen LogP contribution is 2.23. The number of carbonyl (C=O) groups is 1. The van der Waals surface area contributed by atoms with E-state index in [1.165, 1.54) is 0 Å². The summed E-state index contributed by atoms with van der Waals surface area (Å²) in [6.45, 7) is 3.56. The Labute approximate surface area is 158 Å². The summed E-state index contributed by atoms with van der Waals surface area (Å²) < 4.78 is 11.2. The Morgan fingerprint density at radius 2 is 2.04 bits per heavy atom. The monoisotopic (exact) mass is 373 g/mol. The first-order valence-corrected chi connectivity index (χ1v) is 9.01. The highest BCUT2D eigenvalue weighted by molar-refractivity contribution is 7.71. The second-order valence-electron chi connectivity index (χ2n) is 6.06. The summed E-state index contributed by atoms with van der Waals surface area (Å²) in [7, 11) is 1.65. The lowest BCUT2D eigenvalue weighted by Crippen LogP contribution is -2.43. The molecule has 7 heteroatoms. The molecule has 0 bridgehead atoms. The number of carbonyl (C=O) groups excluding carboxylic acids is 1. The second-order valence-corrected chi connectivity index (χ2v) is 6.47. The van der Waals surface area contributed by atoms with Gasteiger partial charge < -0.3 is 19.8 Å². The van der Waals surface area contributed by atoms with Gasteiger partial charge in [-0.15, -0.1) is 0 Å². The molecule has 1 aromatic carbocycles. The van der Waals surface area contributed by atoms with E-state index >= 15 is 0 Å². The largest absolute Gasteiger partial charge is 0.497 e. The van der Waals surface area contributed by atoms with E-state index in [2.05, 4.69) is 15.2 Å². The molecule has 3 rings (SSSR count). The van der Waals surface area contributed by atoms with Gasteiger partial charge in [-0.25, -0.2) is 0 Å². The van der Waals surface area contributed by atoms with Crippen molar-refractivity contribution >= 4 is 18.1 Å². The van der Waals surface area contributed by atoms with E-state index in [0.717, 1.165) is 24.4 Å². The number of morpholine rings is 1. The quantitative estimate of drug-likeness (QED) is 0.762. The maximum atomic E-state index is 12.5. The van der Waals surface area contributed by atoms with Gasteiger partial charge >= 0.3 is 0 Å². The molecule has 0 aliphatic carbocycles. The number of hydrogen-bond acceptors (Lipinski definition) is 5. The third kappa shape index (κ3) is 4.49. The van der Waals surface area contributed by atoms with E-state index in [9.17, 15) is 4.79 Å². The Bertz CT molecular complexity index is 785. The minimum Gasteiger partial charge on any atom is -0.497 e. The smallest absolute Gasteiger partial charge is 0.254 e. The SMILES string of the molecule is COc1ccc([C@H](CNC(=O)c2ccc[nH]c2=S)N2CCOCC2)cc1. The normalized spacial score (nSPS) is 16.0. The first kappa shape index (κ1) is 18.6. The molecule has 0 spiro atoms. The molecule has 1 atom stereocenters. The molecular weight excluding hydrogens is 350 g/mol. The van der Waals surface area contributed by atoms with Crippen molar-refractivity contribution in [2.24, 2.45) is 0 Å². The number of nitrogens with zero attached hydrogens (tertiary/aromatic N) is 1. The van der Waals surface area contributed by atoms with Crippen LogP contribution < -0.4 is 10.1 Å². The molecule has 2 aromatic rings. The van der Waals surface area contributed by atoms with Crippen molar-refractivity contribution in [3.05, 3.63) is 58.4 Å². The van der Waals surface area contributed by atoms with E-state index in [1.807, 2.05) is 24.3 Å². The molecular formula is C19H23N3O3S. The fourth-order valence-electron chi connectivity index (χ4n) is 3.06. The van der Waals surface area contributed by atoms with Crippen molar-refractivity contribution in [1.29, 1.82) is 0 Å². The van der Waals surface area contributed by atoms with Gasteiger partial charge in [-0.05, 0) is 29.8 Å². The Kier molecular flexibility index (Phi) is 6.38. The van der Waals surface area contributed by atoms with Gasteiger partial charge in [0.1, 0.15) is 10.4 Å². The number of H-pyrrole nitrogens is 1. The van der Waals surface area contributed by atoms with Gasteiger partial charge in [0, 0.05) is 25.8 Å². The van der Waals surface area contributed by atoms with Crippen molar-refractivity contribution in [3.8, 4) is 5.75 Å². The van der Waals surface area contributed by atoms with Crippen LogP contribution in [0.3, 0.4) is 0 Å². The molecule has 1 fully saturated rings. The topological polar surface area (TPSA) is 66.6 Å². The van der Waals surface area contributed by atoms with Crippen LogP contribution in [-0.2, 0) is 4.74 Å². The van der Waals surface area contributed by atoms with Crippen LogP contribution in [0.5, 0.6) is 5.75 Å². The maximum Gasteiger partial charge on any atom is 0.254 e. The van der Waals surface area contributed by atoms with Gasteiger partial charge in [-0.3, -0.25) is 9.69 Å². The predicted molar refractivity (Wildman–Crippen MR) is 102 cm³/mol. The van der Waals surface area contributed by atoms with Gasteiger partial charge in [0.05, 0.1) is 31.9 Å². The number of hydrogen-bond donors (Lipinski definition) is 2. The van der Waals surface area contributed by atoms with Crippen LogP contribution in [0.15, 0.2) is 42.6 Å². The van der Waals surface area contributed by atoms with Gasteiger partial charge in [0.2, 0.25) is 0 Å². The van der Waals surface area contributed by atoms with Crippen LogP contribution in [0.25, 0.3) is 0 Å². The summed E-state index contributed by atoms with van der Waals surface area (Å²) in [5, 5.41) is 3.02. The Morgan fingerprint density at radius 1 is 1.31 bits per heavy atom. The number of aromatic amines is 1. The van der Waals surface area contributed by atoms with Crippen LogP contribution in [0.4, 0.5) is 0 Å². The van der Waals surface area contributed by atoms with Gasteiger partial charge in [0.15, 0.2) is 0 Å². The van der Waals surface area contributed by atoms with Crippen molar-refractivity contribution in [3.63, 3.8) is 0 Å². The summed E-state index contributed by atoms with van der Waals surface area (Å²) in [6.07, 6.45) is 1.72. The lowest BCUT2D eigenvalue weighted by Gasteiger charge is -2.35. The molecule has 6 nitrogen and oxygen atoms in total. The average Bonchev–Trinajstić information content (AvgIpc) is 2.69. The number of benzene rings is 1. The van der Waals surface area contributed by atoms with Crippen molar-refractivity contribution in [1.82, 2.24) is 15.2 Å². The number of ether oxygens (including phenoxy) is 2. The van der Waals surface area contributed by atoms with Crippen molar-refractivity contribution in [2.75, 3.05) is 40.0 Å². The van der Waals surface area contributed by atoms with Gasteiger partial charge in [-0.1, -0.05) is 24.4 Å². The van der Waals surface area contributed by atoms with E-state index in [4.69, 9.17) is 21.7 Å². The summed E-state index contributed by atoms with van der Waals surface area (Å²) in [6, 6.07) is 11.5. The van der Waals surface area contributed by atoms with Crippen LogP contribution in [0, 0.1) is 4.64 Å². The number of rotatable bonds is 6.